The molecule has 3 nitrogen and oxygen atoms in total. The molecule has 0 radical (unpaired) electrons. The third kappa shape index (κ3) is 4.65. The van der Waals surface area contributed by atoms with Gasteiger partial charge in [-0.05, 0) is 59.9 Å². The van der Waals surface area contributed by atoms with Crippen LogP contribution in [-0.2, 0) is 23.0 Å². The van der Waals surface area contributed by atoms with E-state index in [1.54, 1.807) is 12.1 Å². The van der Waals surface area contributed by atoms with Crippen molar-refractivity contribution in [2.45, 2.75) is 31.6 Å². The third-order valence-electron chi connectivity index (χ3n) is 4.58. The first-order valence-corrected chi connectivity index (χ1v) is 11.8. The second-order valence-electron chi connectivity index (χ2n) is 6.35. The van der Waals surface area contributed by atoms with Crippen molar-refractivity contribution in [2.75, 3.05) is 0 Å². The molecule has 5 heteroatoms. The molecule has 0 aliphatic rings. The Morgan fingerprint density at radius 1 is 0.741 bits per heavy atom. The Labute approximate surface area is 162 Å². The van der Waals surface area contributed by atoms with Crippen LogP contribution in [0.4, 0.5) is 0 Å². The summed E-state index contributed by atoms with van der Waals surface area (Å²) >= 11 is 0. The van der Waals surface area contributed by atoms with E-state index in [9.17, 15) is 13.0 Å². The smallest absolute Gasteiger partial charge is 0.282 e. The maximum Gasteiger partial charge on any atom is 0.294 e. The lowest BCUT2D eigenvalue weighted by Gasteiger charge is -2.20. The molecular weight excluding hydrogens is 375 g/mol. The van der Waals surface area contributed by atoms with Crippen molar-refractivity contribution in [3.63, 3.8) is 0 Å². The zero-order valence-electron chi connectivity index (χ0n) is 15.5. The average Bonchev–Trinajstić information content (AvgIpc) is 2.69. The Kier molecular flexibility index (Phi) is 6.11. The summed E-state index contributed by atoms with van der Waals surface area (Å²) < 4.78 is 32.7. The van der Waals surface area contributed by atoms with Crippen LogP contribution in [0.25, 0.3) is 0 Å². The van der Waals surface area contributed by atoms with Crippen LogP contribution in [-0.4, -0.2) is 13.0 Å². The molecule has 0 amide bonds. The molecule has 0 saturated carbocycles. The lowest BCUT2D eigenvalue weighted by atomic mass is 10.2. The number of benzene rings is 3. The zero-order chi connectivity index (χ0) is 19.4. The largest absolute Gasteiger partial charge is 0.294 e. The summed E-state index contributed by atoms with van der Waals surface area (Å²) in [6.45, 7) is 4.24. The van der Waals surface area contributed by atoms with Crippen LogP contribution in [0.3, 0.4) is 0 Å². The molecule has 0 aliphatic heterocycles. The predicted octanol–water partition coefficient (Wildman–Crippen LogP) is 3.82. The van der Waals surface area contributed by atoms with Crippen molar-refractivity contribution in [3.8, 4) is 0 Å². The van der Waals surface area contributed by atoms with Crippen molar-refractivity contribution in [3.05, 3.63) is 83.9 Å². The van der Waals surface area contributed by atoms with Crippen molar-refractivity contribution < 1.29 is 13.0 Å². The normalized spacial score (nSPS) is 11.7. The molecule has 0 spiro atoms. The van der Waals surface area contributed by atoms with Gasteiger partial charge in [-0.15, -0.1) is 0 Å². The SMILES string of the molecule is CCc1ccc(P(c2ccc(CC)cc2)c2cccc(S(=O)(=O)O)c2)cc1. The first-order valence-electron chi connectivity index (χ1n) is 8.98. The van der Waals surface area contributed by atoms with Gasteiger partial charge in [-0.1, -0.05) is 74.5 Å². The molecule has 3 aromatic carbocycles. The van der Waals surface area contributed by atoms with Crippen LogP contribution >= 0.6 is 7.92 Å². The quantitative estimate of drug-likeness (QED) is 0.507. The molecule has 0 aliphatic carbocycles. The molecule has 3 rings (SSSR count). The van der Waals surface area contributed by atoms with Crippen LogP contribution in [0.1, 0.15) is 25.0 Å². The van der Waals surface area contributed by atoms with Gasteiger partial charge < -0.3 is 0 Å². The highest BCUT2D eigenvalue weighted by Crippen LogP contribution is 2.33. The van der Waals surface area contributed by atoms with Crippen LogP contribution in [0.15, 0.2) is 77.7 Å². The minimum Gasteiger partial charge on any atom is -0.282 e. The number of aryl methyl sites for hydroxylation is 2. The fourth-order valence-corrected chi connectivity index (χ4v) is 5.90. The summed E-state index contributed by atoms with van der Waals surface area (Å²) in [6.07, 6.45) is 1.95. The molecule has 0 saturated heterocycles. The molecule has 1 N–H and O–H groups in total. The van der Waals surface area contributed by atoms with Crippen molar-refractivity contribution in [2.24, 2.45) is 0 Å². The summed E-state index contributed by atoms with van der Waals surface area (Å²) in [5.41, 5.74) is 2.53. The summed E-state index contributed by atoms with van der Waals surface area (Å²) in [6, 6.07) is 23.6. The lowest BCUT2D eigenvalue weighted by molar-refractivity contribution is 0.483. The standard InChI is InChI=1S/C22H23O3PS/c1-3-17-8-12-19(13-9-17)26(20-14-10-18(4-2)11-15-20)21-6-5-7-22(16-21)27(23,24)25/h5-16H,3-4H2,1-2H3,(H,23,24,25). The van der Waals surface area contributed by atoms with E-state index in [4.69, 9.17) is 0 Å². The Morgan fingerprint density at radius 2 is 1.22 bits per heavy atom. The van der Waals surface area contributed by atoms with Gasteiger partial charge in [-0.2, -0.15) is 8.42 Å². The van der Waals surface area contributed by atoms with Crippen molar-refractivity contribution in [1.29, 1.82) is 0 Å². The number of hydrogen-bond acceptors (Lipinski definition) is 2. The fourth-order valence-electron chi connectivity index (χ4n) is 2.99. The minimum atomic E-state index is -4.23. The maximum atomic E-state index is 11.6. The third-order valence-corrected chi connectivity index (χ3v) is 7.85. The number of rotatable bonds is 6. The monoisotopic (exact) mass is 398 g/mol. The van der Waals surface area contributed by atoms with E-state index in [0.29, 0.717) is 0 Å². The molecule has 3 aromatic rings. The molecular formula is C22H23O3PS. The first kappa shape index (κ1) is 19.8. The molecule has 0 bridgehead atoms. The average molecular weight is 398 g/mol. The molecule has 0 unspecified atom stereocenters. The Hall–Kier alpha value is -2.00. The minimum absolute atomic E-state index is 0.0668. The lowest BCUT2D eigenvalue weighted by Crippen LogP contribution is -2.21. The number of hydrogen-bond donors (Lipinski definition) is 1. The maximum absolute atomic E-state index is 11.6. The van der Waals surface area contributed by atoms with Gasteiger partial charge in [0.05, 0.1) is 4.90 Å². The Morgan fingerprint density at radius 3 is 1.63 bits per heavy atom. The van der Waals surface area contributed by atoms with Gasteiger partial charge in [0.15, 0.2) is 0 Å². The summed E-state index contributed by atoms with van der Waals surface area (Å²) in [5, 5.41) is 3.20. The van der Waals surface area contributed by atoms with Gasteiger partial charge in [0.1, 0.15) is 0 Å². The molecule has 0 heterocycles. The van der Waals surface area contributed by atoms with E-state index in [0.717, 1.165) is 28.8 Å². The summed E-state index contributed by atoms with van der Waals surface area (Å²) in [4.78, 5) is -0.0668. The summed E-state index contributed by atoms with van der Waals surface area (Å²) in [5.74, 6) is 0. The van der Waals surface area contributed by atoms with E-state index in [-0.39, 0.29) is 4.90 Å². The van der Waals surface area contributed by atoms with E-state index in [1.807, 2.05) is 6.07 Å². The van der Waals surface area contributed by atoms with Crippen LogP contribution in [0.2, 0.25) is 0 Å². The highest BCUT2D eigenvalue weighted by atomic mass is 32.2. The van der Waals surface area contributed by atoms with E-state index >= 15 is 0 Å². The van der Waals surface area contributed by atoms with Gasteiger partial charge in [0.2, 0.25) is 0 Å². The van der Waals surface area contributed by atoms with Crippen LogP contribution in [0.5, 0.6) is 0 Å². The Balaban J connectivity index is 2.14. The summed E-state index contributed by atoms with van der Waals surface area (Å²) in [7, 11) is -5.15. The second kappa shape index (κ2) is 8.35. The van der Waals surface area contributed by atoms with Gasteiger partial charge in [0.25, 0.3) is 10.1 Å². The predicted molar refractivity (Wildman–Crippen MR) is 114 cm³/mol. The molecule has 0 fully saturated rings. The zero-order valence-corrected chi connectivity index (χ0v) is 17.2. The van der Waals surface area contributed by atoms with Crippen LogP contribution < -0.4 is 15.9 Å². The van der Waals surface area contributed by atoms with E-state index in [2.05, 4.69) is 62.4 Å². The molecule has 0 atom stereocenters. The molecule has 0 aromatic heterocycles. The van der Waals surface area contributed by atoms with Crippen molar-refractivity contribution in [1.82, 2.24) is 0 Å². The topological polar surface area (TPSA) is 54.4 Å². The van der Waals surface area contributed by atoms with Gasteiger partial charge in [0, 0.05) is 0 Å². The van der Waals surface area contributed by atoms with E-state index < -0.39 is 18.0 Å². The molecule has 27 heavy (non-hydrogen) atoms. The molecule has 140 valence electrons. The highest BCUT2D eigenvalue weighted by Gasteiger charge is 2.19. The van der Waals surface area contributed by atoms with E-state index in [1.165, 1.54) is 17.2 Å². The van der Waals surface area contributed by atoms with Crippen LogP contribution in [0, 0.1) is 0 Å². The van der Waals surface area contributed by atoms with Gasteiger partial charge in [-0.3, -0.25) is 4.55 Å². The first-order chi connectivity index (χ1) is 12.9. The van der Waals surface area contributed by atoms with Gasteiger partial charge >= 0.3 is 0 Å². The van der Waals surface area contributed by atoms with Crippen molar-refractivity contribution >= 4 is 34.0 Å². The Bertz CT molecular complexity index is 963. The fraction of sp³-hybridized carbons (Fsp3) is 0.182. The second-order valence-corrected chi connectivity index (χ2v) is 9.99. The van der Waals surface area contributed by atoms with Gasteiger partial charge in [-0.25, -0.2) is 0 Å². The highest BCUT2D eigenvalue weighted by molar-refractivity contribution is 7.86.